The van der Waals surface area contributed by atoms with Crippen molar-refractivity contribution in [3.63, 3.8) is 0 Å². The van der Waals surface area contributed by atoms with E-state index in [1.807, 2.05) is 7.85 Å². The molecule has 0 aromatic carbocycles. The maximum absolute atomic E-state index is 5.80. The van der Waals surface area contributed by atoms with Gasteiger partial charge in [-0.3, -0.25) is 0 Å². The molecule has 0 unspecified atom stereocenters. The molecular formula is C11H17BClN3. The van der Waals surface area contributed by atoms with Gasteiger partial charge >= 0.3 is 0 Å². The zero-order valence-electron chi connectivity index (χ0n) is 9.67. The van der Waals surface area contributed by atoms with Crippen molar-refractivity contribution in [1.29, 1.82) is 0 Å². The van der Waals surface area contributed by atoms with Crippen LogP contribution in [0.4, 0.5) is 5.82 Å². The molecule has 1 aliphatic carbocycles. The molecule has 0 saturated heterocycles. The molecule has 0 spiro atoms. The molecule has 1 fully saturated rings. The number of hydrogen-bond donors (Lipinski definition) is 1. The predicted molar refractivity (Wildman–Crippen MR) is 70.3 cm³/mol. The fraction of sp³-hybridized carbons (Fsp3) is 0.636. The lowest BCUT2D eigenvalue weighted by molar-refractivity contribution is 0.618. The molecule has 1 saturated carbocycles. The Labute approximate surface area is 102 Å². The quantitative estimate of drug-likeness (QED) is 0.481. The minimum absolute atomic E-state index is 0.321. The van der Waals surface area contributed by atoms with E-state index < -0.39 is 0 Å². The van der Waals surface area contributed by atoms with Gasteiger partial charge in [0.15, 0.2) is 0 Å². The first-order chi connectivity index (χ1) is 7.75. The van der Waals surface area contributed by atoms with Crippen molar-refractivity contribution in [3.8, 4) is 0 Å². The number of nitrogens with zero attached hydrogens (tertiary/aromatic N) is 2. The van der Waals surface area contributed by atoms with E-state index >= 15 is 0 Å². The highest BCUT2D eigenvalue weighted by atomic mass is 35.5. The number of aromatic nitrogens is 2. The van der Waals surface area contributed by atoms with E-state index in [0.29, 0.717) is 11.3 Å². The summed E-state index contributed by atoms with van der Waals surface area (Å²) in [5, 5.41) is 3.82. The average molecular weight is 238 g/mol. The molecule has 3 nitrogen and oxygen atoms in total. The van der Waals surface area contributed by atoms with Crippen LogP contribution in [-0.4, -0.2) is 23.9 Å². The highest BCUT2D eigenvalue weighted by Crippen LogP contribution is 2.19. The molecule has 1 aromatic rings. The van der Waals surface area contributed by atoms with Crippen LogP contribution in [0, 0.1) is 0 Å². The normalized spacial score (nSPS) is 18.1. The molecule has 1 aromatic heterocycles. The van der Waals surface area contributed by atoms with Crippen molar-refractivity contribution in [2.75, 3.05) is 5.32 Å². The van der Waals surface area contributed by atoms with Gasteiger partial charge in [-0.25, -0.2) is 9.97 Å². The molecule has 5 heteroatoms. The van der Waals surface area contributed by atoms with Crippen LogP contribution in [0.2, 0.25) is 5.28 Å². The Bertz CT molecular complexity index is 351. The number of anilines is 1. The molecule has 16 heavy (non-hydrogen) atoms. The van der Waals surface area contributed by atoms with Gasteiger partial charge in [-0.05, 0) is 29.9 Å². The summed E-state index contributed by atoms with van der Waals surface area (Å²) in [6, 6.07) is 0.548. The summed E-state index contributed by atoms with van der Waals surface area (Å²) in [4.78, 5) is 8.21. The van der Waals surface area contributed by atoms with E-state index in [-0.39, 0.29) is 0 Å². The lowest BCUT2D eigenvalue weighted by atomic mass is 9.98. The first-order valence-electron chi connectivity index (χ1n) is 6.01. The van der Waals surface area contributed by atoms with Gasteiger partial charge in [-0.2, -0.15) is 0 Å². The highest BCUT2D eigenvalue weighted by Gasteiger charge is 2.13. The lowest BCUT2D eigenvalue weighted by Crippen LogP contribution is -2.24. The zero-order valence-corrected chi connectivity index (χ0v) is 10.4. The monoisotopic (exact) mass is 237 g/mol. The van der Waals surface area contributed by atoms with Gasteiger partial charge in [0.25, 0.3) is 0 Å². The first-order valence-corrected chi connectivity index (χ1v) is 6.39. The average Bonchev–Trinajstić information content (AvgIpc) is 2.52. The molecule has 86 valence electrons. The third-order valence-electron chi connectivity index (χ3n) is 3.14. The Hall–Kier alpha value is -0.765. The van der Waals surface area contributed by atoms with Crippen LogP contribution in [0.15, 0.2) is 6.20 Å². The van der Waals surface area contributed by atoms with E-state index in [0.717, 1.165) is 11.3 Å². The molecule has 1 heterocycles. The maximum Gasteiger partial charge on any atom is 0.224 e. The summed E-state index contributed by atoms with van der Waals surface area (Å²) < 4.78 is 0. The number of hydrogen-bond acceptors (Lipinski definition) is 3. The van der Waals surface area contributed by atoms with Crippen molar-refractivity contribution < 1.29 is 0 Å². The third-order valence-corrected chi connectivity index (χ3v) is 3.32. The van der Waals surface area contributed by atoms with Crippen molar-refractivity contribution >= 4 is 30.7 Å². The molecule has 1 aliphatic rings. The largest absolute Gasteiger partial charge is 0.368 e. The number of rotatable bonds is 2. The van der Waals surface area contributed by atoms with Gasteiger partial charge in [0.05, 0.1) is 0 Å². The standard InChI is InChI=1S/C11H17BClN3/c12-9-7-14-11(13)16-10(9)15-8-5-3-1-2-4-6-8/h7-8H,1-6,12H2,(H,14,15,16). The van der Waals surface area contributed by atoms with Crippen molar-refractivity contribution in [1.82, 2.24) is 9.97 Å². The summed E-state index contributed by atoms with van der Waals surface area (Å²) in [6.45, 7) is 0. The Morgan fingerprint density at radius 1 is 1.25 bits per heavy atom. The Morgan fingerprint density at radius 3 is 2.62 bits per heavy atom. The van der Waals surface area contributed by atoms with Crippen molar-refractivity contribution in [2.24, 2.45) is 0 Å². The van der Waals surface area contributed by atoms with Crippen LogP contribution in [-0.2, 0) is 0 Å². The summed E-state index contributed by atoms with van der Waals surface area (Å²) in [6.07, 6.45) is 9.60. The maximum atomic E-state index is 5.80. The zero-order chi connectivity index (χ0) is 11.4. The van der Waals surface area contributed by atoms with E-state index in [2.05, 4.69) is 15.3 Å². The van der Waals surface area contributed by atoms with Crippen LogP contribution < -0.4 is 10.8 Å². The first kappa shape index (κ1) is 11.7. The van der Waals surface area contributed by atoms with Crippen LogP contribution in [0.5, 0.6) is 0 Å². The summed E-state index contributed by atoms with van der Waals surface area (Å²) in [5.41, 5.74) is 1.06. The molecule has 0 radical (unpaired) electrons. The summed E-state index contributed by atoms with van der Waals surface area (Å²) in [7, 11) is 2.01. The molecule has 0 bridgehead atoms. The Kier molecular flexibility index (Phi) is 4.05. The fourth-order valence-corrected chi connectivity index (χ4v) is 2.32. The van der Waals surface area contributed by atoms with Crippen LogP contribution in [0.1, 0.15) is 38.5 Å². The third kappa shape index (κ3) is 3.11. The molecule has 0 aliphatic heterocycles. The summed E-state index contributed by atoms with van der Waals surface area (Å²) >= 11 is 5.80. The van der Waals surface area contributed by atoms with E-state index in [1.54, 1.807) is 6.20 Å². The van der Waals surface area contributed by atoms with E-state index in [9.17, 15) is 0 Å². The molecular weight excluding hydrogens is 220 g/mol. The Balaban J connectivity index is 2.04. The smallest absolute Gasteiger partial charge is 0.224 e. The second kappa shape index (κ2) is 5.53. The fourth-order valence-electron chi connectivity index (χ4n) is 2.18. The van der Waals surface area contributed by atoms with Gasteiger partial charge in [-0.1, -0.05) is 25.7 Å². The SMILES string of the molecule is Bc1cnc(Cl)nc1NC1CCCCCC1. The van der Waals surface area contributed by atoms with E-state index in [1.165, 1.54) is 38.5 Å². The Morgan fingerprint density at radius 2 is 1.94 bits per heavy atom. The van der Waals surface area contributed by atoms with Crippen molar-refractivity contribution in [3.05, 3.63) is 11.5 Å². The topological polar surface area (TPSA) is 37.8 Å². The van der Waals surface area contributed by atoms with Crippen molar-refractivity contribution in [2.45, 2.75) is 44.6 Å². The second-order valence-electron chi connectivity index (χ2n) is 4.50. The van der Waals surface area contributed by atoms with Gasteiger partial charge in [-0.15, -0.1) is 0 Å². The van der Waals surface area contributed by atoms with Crippen LogP contribution in [0.25, 0.3) is 0 Å². The summed E-state index contributed by atoms with van der Waals surface area (Å²) in [5.74, 6) is 0.895. The minimum Gasteiger partial charge on any atom is -0.368 e. The second-order valence-corrected chi connectivity index (χ2v) is 4.84. The lowest BCUT2D eigenvalue weighted by Gasteiger charge is -2.18. The van der Waals surface area contributed by atoms with Crippen LogP contribution >= 0.6 is 11.6 Å². The molecule has 1 N–H and O–H groups in total. The predicted octanol–water partition coefficient (Wildman–Crippen LogP) is 1.52. The van der Waals surface area contributed by atoms with Gasteiger partial charge in [0, 0.05) is 12.2 Å². The molecule has 0 atom stereocenters. The van der Waals surface area contributed by atoms with Gasteiger partial charge < -0.3 is 5.32 Å². The van der Waals surface area contributed by atoms with E-state index in [4.69, 9.17) is 11.6 Å². The molecule has 0 amide bonds. The highest BCUT2D eigenvalue weighted by molar-refractivity contribution is 6.35. The van der Waals surface area contributed by atoms with Gasteiger partial charge in [0.2, 0.25) is 5.28 Å². The number of nitrogens with one attached hydrogen (secondary N) is 1. The molecule has 2 rings (SSSR count). The minimum atomic E-state index is 0.321. The van der Waals surface area contributed by atoms with Gasteiger partial charge in [0.1, 0.15) is 13.7 Å². The number of halogens is 1. The van der Waals surface area contributed by atoms with Crippen LogP contribution in [0.3, 0.4) is 0 Å².